The van der Waals surface area contributed by atoms with Crippen molar-refractivity contribution in [1.29, 1.82) is 5.26 Å². The van der Waals surface area contributed by atoms with Crippen molar-refractivity contribution in [2.75, 3.05) is 7.11 Å². The highest BCUT2D eigenvalue weighted by atomic mass is 35.5. The topological polar surface area (TPSA) is 92.1 Å². The monoisotopic (exact) mass is 353 g/mol. The molecule has 25 heavy (non-hydrogen) atoms. The fourth-order valence-electron chi connectivity index (χ4n) is 2.23. The second-order valence-corrected chi connectivity index (χ2v) is 5.51. The van der Waals surface area contributed by atoms with Crippen molar-refractivity contribution in [2.45, 2.75) is 6.42 Å². The van der Waals surface area contributed by atoms with Crippen LogP contribution in [0.2, 0.25) is 5.02 Å². The quantitative estimate of drug-likeness (QED) is 0.523. The van der Waals surface area contributed by atoms with Gasteiger partial charge in [0.15, 0.2) is 5.82 Å². The molecule has 0 saturated carbocycles. The van der Waals surface area contributed by atoms with Gasteiger partial charge in [0.2, 0.25) is 0 Å². The Bertz CT molecular complexity index is 1020. The van der Waals surface area contributed by atoms with Crippen LogP contribution >= 0.6 is 11.6 Å². The number of pyridine rings is 1. The van der Waals surface area contributed by atoms with E-state index < -0.39 is 5.97 Å². The van der Waals surface area contributed by atoms with Gasteiger partial charge in [-0.15, -0.1) is 10.2 Å². The zero-order valence-corrected chi connectivity index (χ0v) is 13.9. The molecule has 2 aromatic heterocycles. The maximum Gasteiger partial charge on any atom is 0.311 e. The zero-order chi connectivity index (χ0) is 17.8. The van der Waals surface area contributed by atoms with Crippen LogP contribution in [0, 0.1) is 11.3 Å². The number of rotatable bonds is 4. The molecule has 0 amide bonds. The van der Waals surface area contributed by atoms with Gasteiger partial charge < -0.3 is 4.74 Å². The van der Waals surface area contributed by atoms with Crippen molar-refractivity contribution >= 4 is 34.7 Å². The van der Waals surface area contributed by atoms with Crippen molar-refractivity contribution in [2.24, 2.45) is 10.2 Å². The Morgan fingerprint density at radius 1 is 1.36 bits per heavy atom. The maximum atomic E-state index is 11.6. The third-order valence-corrected chi connectivity index (χ3v) is 3.63. The molecule has 1 aromatic carbocycles. The molecule has 0 aliphatic heterocycles. The Morgan fingerprint density at radius 3 is 2.96 bits per heavy atom. The summed E-state index contributed by atoms with van der Waals surface area (Å²) >= 11 is 6.04. The molecule has 0 aliphatic carbocycles. The van der Waals surface area contributed by atoms with E-state index in [1.54, 1.807) is 47.0 Å². The number of carbonyl (C=O) groups is 1. The lowest BCUT2D eigenvalue weighted by Gasteiger charge is -1.99. The van der Waals surface area contributed by atoms with Crippen molar-refractivity contribution in [1.82, 2.24) is 9.38 Å². The number of esters is 1. The predicted molar refractivity (Wildman–Crippen MR) is 91.3 cm³/mol. The largest absolute Gasteiger partial charge is 0.469 e. The molecule has 3 rings (SSSR count). The first-order valence-corrected chi connectivity index (χ1v) is 7.63. The van der Waals surface area contributed by atoms with E-state index in [1.165, 1.54) is 7.11 Å². The van der Waals surface area contributed by atoms with Crippen LogP contribution in [0.3, 0.4) is 0 Å². The number of halogens is 1. The van der Waals surface area contributed by atoms with Crippen molar-refractivity contribution in [3.8, 4) is 6.07 Å². The van der Waals surface area contributed by atoms with E-state index >= 15 is 0 Å². The van der Waals surface area contributed by atoms with Crippen LogP contribution in [-0.2, 0) is 16.0 Å². The average molecular weight is 354 g/mol. The van der Waals surface area contributed by atoms with Gasteiger partial charge in [-0.2, -0.15) is 5.26 Å². The summed E-state index contributed by atoms with van der Waals surface area (Å²) in [5, 5.41) is 17.8. The molecule has 0 atom stereocenters. The molecular formula is C17H12ClN5O2. The lowest BCUT2D eigenvalue weighted by atomic mass is 10.2. The predicted octanol–water partition coefficient (Wildman–Crippen LogP) is 3.99. The Kier molecular flexibility index (Phi) is 4.73. The van der Waals surface area contributed by atoms with Gasteiger partial charge in [0.1, 0.15) is 5.65 Å². The van der Waals surface area contributed by atoms with E-state index in [1.807, 2.05) is 6.07 Å². The average Bonchev–Trinajstić information content (AvgIpc) is 2.96. The SMILES string of the molecule is COC(=O)Cc1nc2ccc(Cl)cn2c1N=Nc1cccc(C#N)c1. The van der Waals surface area contributed by atoms with Crippen molar-refractivity contribution in [3.63, 3.8) is 0 Å². The highest BCUT2D eigenvalue weighted by Gasteiger charge is 2.16. The summed E-state index contributed by atoms with van der Waals surface area (Å²) in [5.41, 5.74) is 2.00. The summed E-state index contributed by atoms with van der Waals surface area (Å²) < 4.78 is 6.35. The van der Waals surface area contributed by atoms with Crippen LogP contribution in [0.25, 0.3) is 5.65 Å². The molecule has 0 spiro atoms. The number of methoxy groups -OCH3 is 1. The van der Waals surface area contributed by atoms with E-state index in [0.717, 1.165) is 0 Å². The first-order chi connectivity index (χ1) is 12.1. The molecule has 8 heteroatoms. The minimum Gasteiger partial charge on any atom is -0.469 e. The summed E-state index contributed by atoms with van der Waals surface area (Å²) in [6.45, 7) is 0. The fraction of sp³-hybridized carbons (Fsp3) is 0.118. The number of hydrogen-bond acceptors (Lipinski definition) is 6. The van der Waals surface area contributed by atoms with Gasteiger partial charge in [-0.1, -0.05) is 17.7 Å². The molecule has 0 aliphatic rings. The highest BCUT2D eigenvalue weighted by Crippen LogP contribution is 2.26. The van der Waals surface area contributed by atoms with Crippen LogP contribution in [0.15, 0.2) is 52.8 Å². The number of carbonyl (C=O) groups excluding carboxylic acids is 1. The minimum absolute atomic E-state index is 0.0393. The first kappa shape index (κ1) is 16.6. The number of aromatic nitrogens is 2. The normalized spacial score (nSPS) is 10.9. The van der Waals surface area contributed by atoms with Gasteiger partial charge in [-0.05, 0) is 30.3 Å². The molecule has 2 heterocycles. The van der Waals surface area contributed by atoms with E-state index in [4.69, 9.17) is 21.6 Å². The van der Waals surface area contributed by atoms with Crippen LogP contribution in [0.1, 0.15) is 11.3 Å². The van der Waals surface area contributed by atoms with Gasteiger partial charge in [0.25, 0.3) is 0 Å². The van der Waals surface area contributed by atoms with Crippen LogP contribution < -0.4 is 0 Å². The van der Waals surface area contributed by atoms with Gasteiger partial charge >= 0.3 is 5.97 Å². The number of hydrogen-bond donors (Lipinski definition) is 0. The van der Waals surface area contributed by atoms with Gasteiger partial charge in [-0.3, -0.25) is 9.20 Å². The zero-order valence-electron chi connectivity index (χ0n) is 13.2. The fourth-order valence-corrected chi connectivity index (χ4v) is 2.39. The molecule has 0 saturated heterocycles. The van der Waals surface area contributed by atoms with E-state index in [9.17, 15) is 4.79 Å². The van der Waals surface area contributed by atoms with E-state index in [0.29, 0.717) is 33.4 Å². The van der Waals surface area contributed by atoms with Crippen LogP contribution in [-0.4, -0.2) is 22.5 Å². The number of nitriles is 1. The van der Waals surface area contributed by atoms with Crippen LogP contribution in [0.4, 0.5) is 11.5 Å². The number of nitrogens with zero attached hydrogens (tertiary/aromatic N) is 5. The molecule has 0 bridgehead atoms. The molecule has 3 aromatic rings. The molecular weight excluding hydrogens is 342 g/mol. The Labute approximate surface area is 148 Å². The number of ether oxygens (including phenoxy) is 1. The number of imidazole rings is 1. The van der Waals surface area contributed by atoms with Crippen molar-refractivity contribution in [3.05, 3.63) is 58.9 Å². The third kappa shape index (κ3) is 3.65. The smallest absolute Gasteiger partial charge is 0.311 e. The highest BCUT2D eigenvalue weighted by molar-refractivity contribution is 6.30. The summed E-state index contributed by atoms with van der Waals surface area (Å²) in [6.07, 6.45) is 1.60. The van der Waals surface area contributed by atoms with Crippen molar-refractivity contribution < 1.29 is 9.53 Å². The van der Waals surface area contributed by atoms with E-state index in [-0.39, 0.29) is 6.42 Å². The first-order valence-electron chi connectivity index (χ1n) is 7.26. The third-order valence-electron chi connectivity index (χ3n) is 3.40. The second kappa shape index (κ2) is 7.11. The van der Waals surface area contributed by atoms with Crippen LogP contribution in [0.5, 0.6) is 0 Å². The lowest BCUT2D eigenvalue weighted by molar-refractivity contribution is -0.139. The summed E-state index contributed by atoms with van der Waals surface area (Å²) in [7, 11) is 1.31. The summed E-state index contributed by atoms with van der Waals surface area (Å²) in [5.74, 6) is -0.0531. The Balaban J connectivity index is 2.07. The summed E-state index contributed by atoms with van der Waals surface area (Å²) in [6, 6.07) is 12.2. The van der Waals surface area contributed by atoms with Gasteiger partial charge in [0.05, 0.1) is 41.6 Å². The lowest BCUT2D eigenvalue weighted by Crippen LogP contribution is -2.04. The molecule has 0 radical (unpaired) electrons. The molecule has 0 unspecified atom stereocenters. The molecule has 124 valence electrons. The molecule has 0 fully saturated rings. The standard InChI is InChI=1S/C17H12ClN5O2/c1-25-16(24)8-14-17(23-10-12(18)5-6-15(23)20-14)22-21-13-4-2-3-11(7-13)9-19/h2-7,10H,8H2,1H3. The second-order valence-electron chi connectivity index (χ2n) is 5.07. The summed E-state index contributed by atoms with van der Waals surface area (Å²) in [4.78, 5) is 16.0. The van der Waals surface area contributed by atoms with E-state index in [2.05, 4.69) is 15.2 Å². The number of azo groups is 1. The Hall–Kier alpha value is -3.24. The number of fused-ring (bicyclic) bond motifs is 1. The molecule has 0 N–H and O–H groups in total. The molecule has 7 nitrogen and oxygen atoms in total. The number of benzene rings is 1. The minimum atomic E-state index is -0.433. The van der Waals surface area contributed by atoms with Gasteiger partial charge in [0, 0.05) is 6.20 Å². The maximum absolute atomic E-state index is 11.6. The Morgan fingerprint density at radius 2 is 2.20 bits per heavy atom. The van der Waals surface area contributed by atoms with Gasteiger partial charge in [-0.25, -0.2) is 4.98 Å².